The molecule has 0 fully saturated rings. The molecule has 1 atom stereocenters. The first-order chi connectivity index (χ1) is 17.4. The number of amides is 1. The average molecular weight is 596 g/mol. The third-order valence-electron chi connectivity index (χ3n) is 5.56. The fraction of sp³-hybridized carbons (Fsp3) is 0.400. The second-order valence-electron chi connectivity index (χ2n) is 8.33. The molecule has 0 spiro atoms. The van der Waals surface area contributed by atoms with Crippen molar-refractivity contribution in [2.75, 3.05) is 0 Å². The van der Waals surface area contributed by atoms with Gasteiger partial charge < -0.3 is 9.74 Å². The highest BCUT2D eigenvalue weighted by Gasteiger charge is 2.63. The van der Waals surface area contributed by atoms with E-state index in [4.69, 9.17) is 28.0 Å². The molecule has 0 radical (unpaired) electrons. The van der Waals surface area contributed by atoms with E-state index in [0.29, 0.717) is 12.1 Å². The lowest BCUT2D eigenvalue weighted by molar-refractivity contribution is -0.275. The number of amidine groups is 1. The lowest BCUT2D eigenvalue weighted by Crippen LogP contribution is -2.44. The highest BCUT2D eigenvalue weighted by molar-refractivity contribution is 6.35. The molecule has 18 heteroatoms. The Kier molecular flexibility index (Phi) is 6.87. The second-order valence-corrected chi connectivity index (χ2v) is 9.14. The van der Waals surface area contributed by atoms with Crippen molar-refractivity contribution in [3.05, 3.63) is 56.8 Å². The molecule has 0 aliphatic carbocycles. The van der Waals surface area contributed by atoms with Crippen LogP contribution < -0.4 is 5.32 Å². The Balaban J connectivity index is 1.52. The topological polar surface area (TPSA) is 79.7 Å². The normalized spacial score (nSPS) is 19.8. The van der Waals surface area contributed by atoms with Crippen molar-refractivity contribution in [1.82, 2.24) is 20.2 Å². The summed E-state index contributed by atoms with van der Waals surface area (Å²) in [4.78, 5) is 25.4. The van der Waals surface area contributed by atoms with Gasteiger partial charge in [0, 0.05) is 23.9 Å². The van der Waals surface area contributed by atoms with Crippen molar-refractivity contribution >= 4 is 34.9 Å². The van der Waals surface area contributed by atoms with Crippen LogP contribution in [-0.2, 0) is 23.5 Å². The van der Waals surface area contributed by atoms with Gasteiger partial charge in [0.2, 0.25) is 5.82 Å². The minimum Gasteiger partial charge on any atom is -0.372 e. The van der Waals surface area contributed by atoms with Gasteiger partial charge in [0.25, 0.3) is 11.5 Å². The van der Waals surface area contributed by atoms with E-state index >= 15 is 0 Å². The first kappa shape index (κ1) is 28.0. The van der Waals surface area contributed by atoms with Crippen molar-refractivity contribution in [1.29, 1.82) is 0 Å². The number of carbonyl (C=O) groups is 1. The summed E-state index contributed by atoms with van der Waals surface area (Å²) in [5.74, 6) is -3.93. The number of carbonyl (C=O) groups excluding carboxylic acids is 1. The van der Waals surface area contributed by atoms with E-state index < -0.39 is 70.0 Å². The molecular weight excluding hydrogens is 584 g/mol. The van der Waals surface area contributed by atoms with E-state index in [2.05, 4.69) is 15.1 Å². The number of hydrogen-bond acceptors (Lipinski definition) is 6. The molecule has 1 aromatic heterocycles. The van der Waals surface area contributed by atoms with Gasteiger partial charge in [-0.15, -0.1) is 0 Å². The number of fused-ring (bicyclic) bond motifs is 1. The molecule has 7 nitrogen and oxygen atoms in total. The van der Waals surface area contributed by atoms with E-state index in [-0.39, 0.29) is 30.2 Å². The van der Waals surface area contributed by atoms with Gasteiger partial charge in [0.15, 0.2) is 5.82 Å². The number of rotatable bonds is 4. The standard InChI is InChI=1S/C20H12Cl2F9N5O2/c21-10-1-9(2-11(22)14(10)23)17(20(29,30)31)3-13(35-38-17)36-5-8-4-32-15(33-12(8)6-36)16(37)34-19(27,28)7-18(24,25)26/h1-2,4H,3,5-7H2,(H,34,37). The summed E-state index contributed by atoms with van der Waals surface area (Å²) >= 11 is 11.3. The van der Waals surface area contributed by atoms with E-state index in [1.165, 1.54) is 4.90 Å². The van der Waals surface area contributed by atoms with Gasteiger partial charge in [-0.2, -0.15) is 35.1 Å². The van der Waals surface area contributed by atoms with Crippen LogP contribution in [0.1, 0.15) is 40.3 Å². The van der Waals surface area contributed by atoms with Gasteiger partial charge in [-0.25, -0.2) is 14.4 Å². The first-order valence-corrected chi connectivity index (χ1v) is 11.0. The Hall–Kier alpha value is -3.01. The summed E-state index contributed by atoms with van der Waals surface area (Å²) in [6, 6.07) is -3.22. The van der Waals surface area contributed by atoms with Crippen molar-refractivity contribution in [3.8, 4) is 0 Å². The number of alkyl halides is 8. The molecule has 0 saturated carbocycles. The van der Waals surface area contributed by atoms with Crippen LogP contribution in [0.5, 0.6) is 0 Å². The fourth-order valence-corrected chi connectivity index (χ4v) is 4.30. The maximum atomic E-state index is 14.2. The SMILES string of the molecule is O=C(NC(F)(F)CC(F)(F)F)c1ncc2c(n1)CN(C1=NOC(c3cc(Cl)c(F)c(Cl)c3)(C(F)(F)F)C1)C2. The number of halogens is 11. The summed E-state index contributed by atoms with van der Waals surface area (Å²) in [5.41, 5.74) is -3.37. The van der Waals surface area contributed by atoms with E-state index in [1.54, 1.807) is 0 Å². The number of nitrogens with one attached hydrogen (secondary N) is 1. The van der Waals surface area contributed by atoms with Gasteiger partial charge in [0.05, 0.1) is 28.7 Å². The van der Waals surface area contributed by atoms with Crippen LogP contribution in [0.4, 0.5) is 39.5 Å². The zero-order valence-corrected chi connectivity index (χ0v) is 19.8. The second kappa shape index (κ2) is 9.32. The number of nitrogens with zero attached hydrogens (tertiary/aromatic N) is 4. The molecule has 1 unspecified atom stereocenters. The number of hydrogen-bond donors (Lipinski definition) is 1. The van der Waals surface area contributed by atoms with Crippen molar-refractivity contribution in [3.63, 3.8) is 0 Å². The third kappa shape index (κ3) is 5.41. The molecule has 4 rings (SSSR count). The Bertz CT molecular complexity index is 1300. The average Bonchev–Trinajstić information content (AvgIpc) is 3.39. The van der Waals surface area contributed by atoms with Crippen LogP contribution >= 0.6 is 23.2 Å². The zero-order valence-electron chi connectivity index (χ0n) is 18.3. The maximum absolute atomic E-state index is 14.2. The van der Waals surface area contributed by atoms with Gasteiger partial charge >= 0.3 is 18.4 Å². The van der Waals surface area contributed by atoms with Crippen molar-refractivity contribution < 1.29 is 49.1 Å². The molecular formula is C20H12Cl2F9N5O2. The van der Waals surface area contributed by atoms with Crippen LogP contribution in [0.15, 0.2) is 23.5 Å². The predicted octanol–water partition coefficient (Wildman–Crippen LogP) is 5.70. The van der Waals surface area contributed by atoms with E-state index in [1.807, 2.05) is 0 Å². The summed E-state index contributed by atoms with van der Waals surface area (Å²) < 4.78 is 120. The molecule has 0 saturated heterocycles. The molecule has 0 bridgehead atoms. The molecule has 1 amide bonds. The lowest BCUT2D eigenvalue weighted by atomic mass is 9.89. The fourth-order valence-electron chi connectivity index (χ4n) is 3.81. The predicted molar refractivity (Wildman–Crippen MR) is 112 cm³/mol. The lowest BCUT2D eigenvalue weighted by Gasteiger charge is -2.30. The Morgan fingerprint density at radius 2 is 1.71 bits per heavy atom. The monoisotopic (exact) mass is 595 g/mol. The van der Waals surface area contributed by atoms with Crippen molar-refractivity contribution in [2.24, 2.45) is 5.16 Å². The summed E-state index contributed by atoms with van der Waals surface area (Å²) in [7, 11) is 0. The Morgan fingerprint density at radius 3 is 2.29 bits per heavy atom. The molecule has 2 aromatic rings. The van der Waals surface area contributed by atoms with Crippen LogP contribution in [0, 0.1) is 5.82 Å². The number of aromatic nitrogens is 2. The molecule has 1 aromatic carbocycles. The van der Waals surface area contributed by atoms with Crippen LogP contribution in [0.25, 0.3) is 0 Å². The largest absolute Gasteiger partial charge is 0.435 e. The summed E-state index contributed by atoms with van der Waals surface area (Å²) in [5, 5.41) is 3.07. The summed E-state index contributed by atoms with van der Waals surface area (Å²) in [6.07, 6.45) is -12.8. The van der Waals surface area contributed by atoms with E-state index in [0.717, 1.165) is 11.5 Å². The van der Waals surface area contributed by atoms with Crippen LogP contribution in [0.3, 0.4) is 0 Å². The van der Waals surface area contributed by atoms with Gasteiger partial charge in [0.1, 0.15) is 12.3 Å². The Labute approximate surface area is 216 Å². The van der Waals surface area contributed by atoms with Crippen molar-refractivity contribution in [2.45, 2.75) is 49.9 Å². The Morgan fingerprint density at radius 1 is 1.08 bits per heavy atom. The molecule has 3 heterocycles. The quantitative estimate of drug-likeness (QED) is 0.278. The highest BCUT2D eigenvalue weighted by atomic mass is 35.5. The maximum Gasteiger partial charge on any atom is 0.435 e. The third-order valence-corrected chi connectivity index (χ3v) is 6.12. The molecule has 206 valence electrons. The minimum atomic E-state index is -5.27. The molecule has 38 heavy (non-hydrogen) atoms. The van der Waals surface area contributed by atoms with Crippen LogP contribution in [0.2, 0.25) is 10.0 Å². The van der Waals surface area contributed by atoms with Crippen LogP contribution in [-0.4, -0.2) is 45.0 Å². The number of benzene rings is 1. The van der Waals surface area contributed by atoms with Gasteiger partial charge in [-0.3, -0.25) is 10.1 Å². The zero-order chi connectivity index (χ0) is 28.3. The smallest absolute Gasteiger partial charge is 0.372 e. The number of oxime groups is 1. The van der Waals surface area contributed by atoms with Gasteiger partial charge in [-0.1, -0.05) is 28.4 Å². The van der Waals surface area contributed by atoms with Gasteiger partial charge in [-0.05, 0) is 12.1 Å². The molecule has 1 N–H and O–H groups in total. The minimum absolute atomic E-state index is 0.0318. The molecule has 2 aliphatic heterocycles. The first-order valence-electron chi connectivity index (χ1n) is 10.2. The summed E-state index contributed by atoms with van der Waals surface area (Å²) in [6.45, 7) is -0.388. The highest BCUT2D eigenvalue weighted by Crippen LogP contribution is 2.50. The molecule has 2 aliphatic rings. The van der Waals surface area contributed by atoms with E-state index in [9.17, 15) is 44.3 Å².